The summed E-state index contributed by atoms with van der Waals surface area (Å²) < 4.78 is 44.6. The molecule has 0 fully saturated rings. The average Bonchev–Trinajstić information content (AvgIpc) is 3.05. The third-order valence-electron chi connectivity index (χ3n) is 3.59. The highest BCUT2D eigenvalue weighted by Crippen LogP contribution is 2.26. The van der Waals surface area contributed by atoms with Crippen molar-refractivity contribution in [2.45, 2.75) is 18.4 Å². The van der Waals surface area contributed by atoms with Crippen LogP contribution in [0.25, 0.3) is 0 Å². The lowest BCUT2D eigenvalue weighted by Crippen LogP contribution is -2.14. The maximum atomic E-state index is 13.9. The van der Waals surface area contributed by atoms with Gasteiger partial charge in [-0.2, -0.15) is 10.2 Å². The number of benzene rings is 1. The van der Waals surface area contributed by atoms with Crippen LogP contribution in [0.3, 0.4) is 0 Å². The molecule has 7 nitrogen and oxygen atoms in total. The molecule has 0 aliphatic carbocycles. The third-order valence-corrected chi connectivity index (χ3v) is 5.96. The van der Waals surface area contributed by atoms with E-state index in [-0.39, 0.29) is 27.8 Å². The number of anilines is 1. The highest BCUT2D eigenvalue weighted by Gasteiger charge is 2.22. The molecule has 0 aliphatic rings. The third kappa shape index (κ3) is 3.76. The number of hydrogen-bond acceptors (Lipinski definition) is 4. The van der Waals surface area contributed by atoms with Gasteiger partial charge >= 0.3 is 0 Å². The molecule has 0 saturated carbocycles. The van der Waals surface area contributed by atoms with Gasteiger partial charge in [-0.05, 0) is 35.0 Å². The van der Waals surface area contributed by atoms with Crippen molar-refractivity contribution in [1.82, 2.24) is 19.6 Å². The Morgan fingerprint density at radius 1 is 1.31 bits per heavy atom. The maximum Gasteiger partial charge on any atom is 0.266 e. The van der Waals surface area contributed by atoms with E-state index in [2.05, 4.69) is 30.8 Å². The smallest absolute Gasteiger partial charge is 0.266 e. The lowest BCUT2D eigenvalue weighted by Gasteiger charge is -2.06. The monoisotopic (exact) mass is 461 g/mol. The van der Waals surface area contributed by atoms with Crippen LogP contribution in [0.5, 0.6) is 0 Å². The number of rotatable bonds is 5. The molecule has 138 valence electrons. The molecule has 0 aliphatic heterocycles. The molecule has 0 atom stereocenters. The van der Waals surface area contributed by atoms with Gasteiger partial charge < -0.3 is 0 Å². The summed E-state index contributed by atoms with van der Waals surface area (Å²) in [5.74, 6) is -0.377. The Morgan fingerprint density at radius 3 is 2.65 bits per heavy atom. The normalized spacial score (nSPS) is 11.7. The van der Waals surface area contributed by atoms with Crippen molar-refractivity contribution < 1.29 is 12.8 Å². The zero-order valence-electron chi connectivity index (χ0n) is 13.7. The van der Waals surface area contributed by atoms with Crippen LogP contribution in [0, 0.1) is 12.7 Å². The first-order valence-corrected chi connectivity index (χ1v) is 10.0. The van der Waals surface area contributed by atoms with Crippen LogP contribution in [0.4, 0.5) is 10.2 Å². The number of aryl methyl sites for hydroxylation is 2. The summed E-state index contributed by atoms with van der Waals surface area (Å²) in [4.78, 5) is 0.0543. The molecule has 11 heteroatoms. The molecule has 0 amide bonds. The van der Waals surface area contributed by atoms with Crippen LogP contribution in [0.1, 0.15) is 11.3 Å². The minimum absolute atomic E-state index is 0.0533. The molecule has 26 heavy (non-hydrogen) atoms. The highest BCUT2D eigenvalue weighted by molar-refractivity contribution is 9.10. The van der Waals surface area contributed by atoms with E-state index in [1.54, 1.807) is 20.0 Å². The minimum Gasteiger partial charge on any atom is -0.274 e. The van der Waals surface area contributed by atoms with Gasteiger partial charge in [0.15, 0.2) is 5.82 Å². The molecule has 1 aromatic carbocycles. The first kappa shape index (κ1) is 18.9. The van der Waals surface area contributed by atoms with Gasteiger partial charge in [0.05, 0.1) is 16.7 Å². The molecule has 2 heterocycles. The molecule has 1 N–H and O–H groups in total. The average molecular weight is 463 g/mol. The minimum atomic E-state index is -3.86. The SMILES string of the molecule is Cc1nn(C)cc1S(=O)(=O)Nc1nn(Cc2c(F)cccc2Cl)cc1Br. The number of nitrogens with zero attached hydrogens (tertiary/aromatic N) is 4. The van der Waals surface area contributed by atoms with Crippen molar-refractivity contribution in [2.24, 2.45) is 7.05 Å². The largest absolute Gasteiger partial charge is 0.274 e. The van der Waals surface area contributed by atoms with E-state index in [0.717, 1.165) is 0 Å². The lowest BCUT2D eigenvalue weighted by atomic mass is 10.2. The van der Waals surface area contributed by atoms with Gasteiger partial charge in [0.2, 0.25) is 0 Å². The second-order valence-corrected chi connectivity index (χ2v) is 8.49. The quantitative estimate of drug-likeness (QED) is 0.630. The van der Waals surface area contributed by atoms with Gasteiger partial charge in [-0.1, -0.05) is 17.7 Å². The zero-order valence-corrected chi connectivity index (χ0v) is 16.9. The van der Waals surface area contributed by atoms with Crippen molar-refractivity contribution in [1.29, 1.82) is 0 Å². The summed E-state index contributed by atoms with van der Waals surface area (Å²) in [7, 11) is -2.23. The van der Waals surface area contributed by atoms with Gasteiger partial charge in [0.1, 0.15) is 10.7 Å². The second-order valence-electron chi connectivity index (χ2n) is 5.58. The van der Waals surface area contributed by atoms with Gasteiger partial charge in [-0.25, -0.2) is 12.8 Å². The predicted octanol–water partition coefficient (Wildman–Crippen LogP) is 3.33. The van der Waals surface area contributed by atoms with Crippen molar-refractivity contribution in [2.75, 3.05) is 4.72 Å². The van der Waals surface area contributed by atoms with Crippen molar-refractivity contribution in [3.05, 3.63) is 57.2 Å². The van der Waals surface area contributed by atoms with Crippen molar-refractivity contribution in [3.63, 3.8) is 0 Å². The maximum absolute atomic E-state index is 13.9. The Bertz CT molecular complexity index is 1060. The molecule has 3 rings (SSSR count). The van der Waals surface area contributed by atoms with Gasteiger partial charge in [-0.15, -0.1) is 0 Å². The van der Waals surface area contributed by atoms with Crippen LogP contribution in [0.2, 0.25) is 5.02 Å². The summed E-state index contributed by atoms with van der Waals surface area (Å²) in [5.41, 5.74) is 0.635. The summed E-state index contributed by atoms with van der Waals surface area (Å²) in [6, 6.07) is 4.39. The molecular formula is C15H14BrClFN5O2S. The van der Waals surface area contributed by atoms with Gasteiger partial charge in [-0.3, -0.25) is 14.1 Å². The topological polar surface area (TPSA) is 81.8 Å². The lowest BCUT2D eigenvalue weighted by molar-refractivity contribution is 0.585. The zero-order chi connectivity index (χ0) is 19.1. The fourth-order valence-electron chi connectivity index (χ4n) is 2.42. The Hall–Kier alpha value is -1.91. The molecule has 3 aromatic rings. The Labute approximate surface area is 163 Å². The first-order chi connectivity index (χ1) is 12.2. The summed E-state index contributed by atoms with van der Waals surface area (Å²) in [6.45, 7) is 1.65. The summed E-state index contributed by atoms with van der Waals surface area (Å²) in [5, 5.41) is 8.46. The first-order valence-electron chi connectivity index (χ1n) is 7.36. The number of hydrogen-bond donors (Lipinski definition) is 1. The van der Waals surface area contributed by atoms with E-state index in [0.29, 0.717) is 10.2 Å². The molecule has 2 aromatic heterocycles. The van der Waals surface area contributed by atoms with E-state index in [4.69, 9.17) is 11.6 Å². The van der Waals surface area contributed by atoms with Crippen LogP contribution in [-0.2, 0) is 23.6 Å². The van der Waals surface area contributed by atoms with Crippen LogP contribution in [-0.4, -0.2) is 28.0 Å². The molecule has 0 spiro atoms. The van der Waals surface area contributed by atoms with E-state index in [9.17, 15) is 12.8 Å². The summed E-state index contributed by atoms with van der Waals surface area (Å²) in [6.07, 6.45) is 2.94. The molecule has 0 saturated heterocycles. The number of aromatic nitrogens is 4. The Kier molecular flexibility index (Phi) is 5.09. The fraction of sp³-hybridized carbons (Fsp3) is 0.200. The Balaban J connectivity index is 1.88. The van der Waals surface area contributed by atoms with E-state index in [1.807, 2.05) is 0 Å². The number of nitrogens with one attached hydrogen (secondary N) is 1. The summed E-state index contributed by atoms with van der Waals surface area (Å²) >= 11 is 9.28. The highest BCUT2D eigenvalue weighted by atomic mass is 79.9. The van der Waals surface area contributed by atoms with Gasteiger partial charge in [0, 0.05) is 30.0 Å². The standard InChI is InChI=1S/C15H14BrClFN5O2S/c1-9-14(8-22(2)19-9)26(24,25)21-15-11(16)7-23(20-15)6-10-12(17)4-3-5-13(10)18/h3-5,7-8H,6H2,1-2H3,(H,20,21). The van der Waals surface area contributed by atoms with Crippen LogP contribution >= 0.6 is 27.5 Å². The van der Waals surface area contributed by atoms with Crippen molar-refractivity contribution >= 4 is 43.4 Å². The van der Waals surface area contributed by atoms with E-state index < -0.39 is 15.8 Å². The fourth-order valence-corrected chi connectivity index (χ4v) is 4.42. The van der Waals surface area contributed by atoms with Crippen molar-refractivity contribution in [3.8, 4) is 0 Å². The van der Waals surface area contributed by atoms with Gasteiger partial charge in [0.25, 0.3) is 10.0 Å². The number of halogens is 3. The second kappa shape index (κ2) is 7.01. The molecule has 0 unspecified atom stereocenters. The van der Waals surface area contributed by atoms with Crippen LogP contribution in [0.15, 0.2) is 40.0 Å². The van der Waals surface area contributed by atoms with E-state index >= 15 is 0 Å². The van der Waals surface area contributed by atoms with Crippen LogP contribution < -0.4 is 4.72 Å². The number of sulfonamides is 1. The molecule has 0 bridgehead atoms. The Morgan fingerprint density at radius 2 is 2.04 bits per heavy atom. The van der Waals surface area contributed by atoms with E-state index in [1.165, 1.54) is 33.9 Å². The predicted molar refractivity (Wildman–Crippen MR) is 99.2 cm³/mol. The molecule has 0 radical (unpaired) electrons. The molecular weight excluding hydrogens is 449 g/mol.